The molecule has 0 saturated heterocycles. The van der Waals surface area contributed by atoms with Crippen LogP contribution < -0.4 is 0 Å². The van der Waals surface area contributed by atoms with Crippen molar-refractivity contribution in [2.45, 2.75) is 89.9 Å². The van der Waals surface area contributed by atoms with Gasteiger partial charge in [0.05, 0.1) is 5.02 Å². The minimum Gasteiger partial charge on any atom is -0.243 e. The van der Waals surface area contributed by atoms with Crippen molar-refractivity contribution in [2.24, 2.45) is 17.8 Å². The third kappa shape index (κ3) is 5.36. The molecule has 1 aromatic rings. The van der Waals surface area contributed by atoms with Gasteiger partial charge in [0.1, 0.15) is 5.15 Å². The summed E-state index contributed by atoms with van der Waals surface area (Å²) in [5.74, 6) is 3.62. The van der Waals surface area contributed by atoms with E-state index in [1.807, 2.05) is 12.3 Å². The van der Waals surface area contributed by atoms with Gasteiger partial charge in [-0.1, -0.05) is 68.7 Å². The summed E-state index contributed by atoms with van der Waals surface area (Å²) in [5.41, 5.74) is 1.28. The molecule has 0 radical (unpaired) electrons. The van der Waals surface area contributed by atoms with Crippen LogP contribution in [-0.4, -0.2) is 4.98 Å². The lowest BCUT2D eigenvalue weighted by atomic mass is 9.68. The Morgan fingerprint density at radius 2 is 1.56 bits per heavy atom. The van der Waals surface area contributed by atoms with Gasteiger partial charge in [0.2, 0.25) is 0 Å². The van der Waals surface area contributed by atoms with E-state index in [-0.39, 0.29) is 0 Å². The van der Waals surface area contributed by atoms with Gasteiger partial charge < -0.3 is 0 Å². The number of hydrogen-bond donors (Lipinski definition) is 0. The summed E-state index contributed by atoms with van der Waals surface area (Å²) < 4.78 is 0. The molecule has 140 valence electrons. The molecule has 1 heterocycles. The third-order valence-electron chi connectivity index (χ3n) is 6.83. The Balaban J connectivity index is 1.43. The highest BCUT2D eigenvalue weighted by Crippen LogP contribution is 2.44. The molecule has 0 aliphatic heterocycles. The molecule has 2 saturated carbocycles. The van der Waals surface area contributed by atoms with Crippen LogP contribution in [-0.2, 0) is 0 Å². The zero-order valence-electron chi connectivity index (χ0n) is 15.7. The normalized spacial score (nSPS) is 30.4. The molecule has 3 heteroatoms. The van der Waals surface area contributed by atoms with Crippen LogP contribution >= 0.6 is 23.2 Å². The topological polar surface area (TPSA) is 12.9 Å². The summed E-state index contributed by atoms with van der Waals surface area (Å²) >= 11 is 12.1. The second-order valence-corrected chi connectivity index (χ2v) is 9.19. The molecule has 2 fully saturated rings. The highest BCUT2D eigenvalue weighted by Gasteiger charge is 2.31. The molecule has 0 spiro atoms. The molecular formula is C22H33Cl2N. The summed E-state index contributed by atoms with van der Waals surface area (Å²) in [5, 5.41) is 1.03. The lowest BCUT2D eigenvalue weighted by Crippen LogP contribution is -2.25. The van der Waals surface area contributed by atoms with Gasteiger partial charge >= 0.3 is 0 Å². The summed E-state index contributed by atoms with van der Waals surface area (Å²) in [4.78, 5) is 4.24. The largest absolute Gasteiger partial charge is 0.243 e. The van der Waals surface area contributed by atoms with Crippen molar-refractivity contribution in [1.29, 1.82) is 0 Å². The molecule has 2 aliphatic rings. The van der Waals surface area contributed by atoms with E-state index in [0.29, 0.717) is 16.1 Å². The van der Waals surface area contributed by atoms with Gasteiger partial charge in [-0.25, -0.2) is 4.98 Å². The molecule has 0 atom stereocenters. The van der Waals surface area contributed by atoms with E-state index in [1.165, 1.54) is 82.6 Å². The number of halogens is 2. The van der Waals surface area contributed by atoms with E-state index in [9.17, 15) is 0 Å². The van der Waals surface area contributed by atoms with E-state index in [4.69, 9.17) is 23.2 Å². The van der Waals surface area contributed by atoms with E-state index < -0.39 is 0 Å². The van der Waals surface area contributed by atoms with Gasteiger partial charge in [0.15, 0.2) is 0 Å². The van der Waals surface area contributed by atoms with Crippen molar-refractivity contribution in [3.05, 3.63) is 28.0 Å². The molecule has 1 nitrogen and oxygen atoms in total. The number of nitrogens with zero attached hydrogens (tertiary/aromatic N) is 1. The molecule has 0 N–H and O–H groups in total. The summed E-state index contributed by atoms with van der Waals surface area (Å²) in [7, 11) is 0. The zero-order chi connectivity index (χ0) is 17.6. The van der Waals surface area contributed by atoms with Gasteiger partial charge in [0, 0.05) is 6.20 Å². The van der Waals surface area contributed by atoms with Crippen LogP contribution in [0.4, 0.5) is 0 Å². The summed E-state index contributed by atoms with van der Waals surface area (Å²) in [6.07, 6.45) is 19.0. The van der Waals surface area contributed by atoms with Crippen LogP contribution in [0.1, 0.15) is 95.5 Å². The highest BCUT2D eigenvalue weighted by atomic mass is 35.5. The monoisotopic (exact) mass is 381 g/mol. The Bertz CT molecular complexity index is 529. The second kappa shape index (κ2) is 9.60. The number of unbranched alkanes of at least 4 members (excludes halogenated alkanes) is 2. The molecule has 25 heavy (non-hydrogen) atoms. The standard InChI is InChI=1S/C22H33Cl2N/c1-2-3-4-5-16-6-8-17(9-7-16)18-10-12-19(13-11-18)20-14-21(23)22(24)25-15-20/h14-19H,2-13H2,1H3. The van der Waals surface area contributed by atoms with E-state index in [1.54, 1.807) is 0 Å². The van der Waals surface area contributed by atoms with Crippen LogP contribution in [0.25, 0.3) is 0 Å². The first-order valence-corrected chi connectivity index (χ1v) is 11.2. The van der Waals surface area contributed by atoms with Crippen molar-refractivity contribution < 1.29 is 0 Å². The smallest absolute Gasteiger partial charge is 0.147 e. The number of hydrogen-bond acceptors (Lipinski definition) is 1. The van der Waals surface area contributed by atoms with Gasteiger partial charge in [-0.05, 0) is 73.8 Å². The first kappa shape index (κ1) is 19.5. The fraction of sp³-hybridized carbons (Fsp3) is 0.773. The highest BCUT2D eigenvalue weighted by molar-refractivity contribution is 6.41. The van der Waals surface area contributed by atoms with Gasteiger partial charge in [-0.3, -0.25) is 0 Å². The Labute approximate surface area is 163 Å². The fourth-order valence-electron chi connectivity index (χ4n) is 5.21. The lowest BCUT2D eigenvalue weighted by molar-refractivity contribution is 0.155. The number of aromatic nitrogens is 1. The fourth-order valence-corrected chi connectivity index (χ4v) is 5.49. The molecule has 1 aromatic heterocycles. The molecule has 3 rings (SSSR count). The van der Waals surface area contributed by atoms with E-state index in [2.05, 4.69) is 11.9 Å². The van der Waals surface area contributed by atoms with Crippen LogP contribution in [0.15, 0.2) is 12.3 Å². The predicted molar refractivity (Wildman–Crippen MR) is 109 cm³/mol. The van der Waals surface area contributed by atoms with Gasteiger partial charge in [-0.2, -0.15) is 0 Å². The quantitative estimate of drug-likeness (QED) is 0.358. The van der Waals surface area contributed by atoms with Crippen LogP contribution in [0.5, 0.6) is 0 Å². The minimum absolute atomic E-state index is 0.426. The van der Waals surface area contributed by atoms with Crippen molar-refractivity contribution in [1.82, 2.24) is 4.98 Å². The summed E-state index contributed by atoms with van der Waals surface area (Å²) in [6, 6.07) is 2.03. The van der Waals surface area contributed by atoms with Crippen molar-refractivity contribution in [3.63, 3.8) is 0 Å². The second-order valence-electron chi connectivity index (χ2n) is 8.43. The van der Waals surface area contributed by atoms with E-state index >= 15 is 0 Å². The average Bonchev–Trinajstić information content (AvgIpc) is 2.65. The molecular weight excluding hydrogens is 349 g/mol. The van der Waals surface area contributed by atoms with Crippen molar-refractivity contribution in [2.75, 3.05) is 0 Å². The molecule has 2 aliphatic carbocycles. The Hall–Kier alpha value is -0.270. The first-order chi connectivity index (χ1) is 12.2. The molecule has 0 amide bonds. The lowest BCUT2D eigenvalue weighted by Gasteiger charge is -2.38. The van der Waals surface area contributed by atoms with E-state index in [0.717, 1.165) is 17.8 Å². The Kier molecular flexibility index (Phi) is 7.49. The predicted octanol–water partition coefficient (Wildman–Crippen LogP) is 8.05. The summed E-state index contributed by atoms with van der Waals surface area (Å²) in [6.45, 7) is 2.31. The molecule has 0 bridgehead atoms. The van der Waals surface area contributed by atoms with Crippen LogP contribution in [0.3, 0.4) is 0 Å². The van der Waals surface area contributed by atoms with Crippen LogP contribution in [0, 0.1) is 17.8 Å². The zero-order valence-corrected chi connectivity index (χ0v) is 17.2. The van der Waals surface area contributed by atoms with Gasteiger partial charge in [-0.15, -0.1) is 0 Å². The molecule has 0 aromatic carbocycles. The maximum absolute atomic E-state index is 6.15. The SMILES string of the molecule is CCCCCC1CCC(C2CCC(c3cnc(Cl)c(Cl)c3)CC2)CC1. The average molecular weight is 382 g/mol. The minimum atomic E-state index is 0.426. The Morgan fingerprint density at radius 1 is 0.920 bits per heavy atom. The van der Waals surface area contributed by atoms with Gasteiger partial charge in [0.25, 0.3) is 0 Å². The number of rotatable bonds is 6. The van der Waals surface area contributed by atoms with Crippen molar-refractivity contribution >= 4 is 23.2 Å². The van der Waals surface area contributed by atoms with Crippen LogP contribution in [0.2, 0.25) is 10.2 Å². The third-order valence-corrected chi connectivity index (χ3v) is 7.52. The maximum atomic E-state index is 6.15. The number of pyridine rings is 1. The van der Waals surface area contributed by atoms with Crippen molar-refractivity contribution in [3.8, 4) is 0 Å². The Morgan fingerprint density at radius 3 is 2.16 bits per heavy atom. The maximum Gasteiger partial charge on any atom is 0.147 e. The molecule has 0 unspecified atom stereocenters. The first-order valence-electron chi connectivity index (χ1n) is 10.5.